The summed E-state index contributed by atoms with van der Waals surface area (Å²) in [5.74, 6) is -0.141. The van der Waals surface area contributed by atoms with Gasteiger partial charge in [-0.3, -0.25) is 9.59 Å². The van der Waals surface area contributed by atoms with Crippen molar-refractivity contribution in [1.82, 2.24) is 10.6 Å². The summed E-state index contributed by atoms with van der Waals surface area (Å²) in [6.07, 6.45) is 1.20. The number of nitrogen functional groups attached to an aromatic ring is 1. The second-order valence-electron chi connectivity index (χ2n) is 5.60. The molecular formula is C16H25N3O2. The zero-order valence-corrected chi connectivity index (χ0v) is 13.0. The van der Waals surface area contributed by atoms with Crippen LogP contribution in [0.25, 0.3) is 0 Å². The zero-order chi connectivity index (χ0) is 15.9. The van der Waals surface area contributed by atoms with Crippen LogP contribution < -0.4 is 16.4 Å². The third-order valence-electron chi connectivity index (χ3n) is 3.41. The molecule has 21 heavy (non-hydrogen) atoms. The standard InChI is InChI=1S/C16H25N3O2/c1-4-10-18-14(20)9-11-19-15(21)16(2,3)12-5-7-13(17)8-6-12/h5-8H,4,9-11,17H2,1-3H3,(H,18,20)(H,19,21). The maximum atomic E-state index is 12.3. The smallest absolute Gasteiger partial charge is 0.230 e. The number of carbonyl (C=O) groups excluding carboxylic acids is 2. The molecule has 0 heterocycles. The quantitative estimate of drug-likeness (QED) is 0.667. The molecule has 0 atom stereocenters. The normalized spacial score (nSPS) is 11.0. The van der Waals surface area contributed by atoms with Crippen LogP contribution in [-0.2, 0) is 15.0 Å². The fraction of sp³-hybridized carbons (Fsp3) is 0.500. The fourth-order valence-electron chi connectivity index (χ4n) is 1.89. The highest BCUT2D eigenvalue weighted by Crippen LogP contribution is 2.24. The van der Waals surface area contributed by atoms with Crippen molar-refractivity contribution in [3.63, 3.8) is 0 Å². The van der Waals surface area contributed by atoms with Crippen molar-refractivity contribution in [3.8, 4) is 0 Å². The minimum Gasteiger partial charge on any atom is -0.399 e. The van der Waals surface area contributed by atoms with Gasteiger partial charge in [0.15, 0.2) is 0 Å². The van der Waals surface area contributed by atoms with Gasteiger partial charge in [0, 0.05) is 25.2 Å². The monoisotopic (exact) mass is 291 g/mol. The Morgan fingerprint density at radius 1 is 1.10 bits per heavy atom. The maximum absolute atomic E-state index is 12.3. The number of hydrogen-bond donors (Lipinski definition) is 3. The highest BCUT2D eigenvalue weighted by molar-refractivity contribution is 5.87. The van der Waals surface area contributed by atoms with E-state index >= 15 is 0 Å². The lowest BCUT2D eigenvalue weighted by molar-refractivity contribution is -0.126. The Bertz CT molecular complexity index is 481. The van der Waals surface area contributed by atoms with E-state index < -0.39 is 5.41 Å². The molecule has 1 aromatic rings. The van der Waals surface area contributed by atoms with Gasteiger partial charge in [-0.1, -0.05) is 19.1 Å². The van der Waals surface area contributed by atoms with Gasteiger partial charge in [-0.15, -0.1) is 0 Å². The third kappa shape index (κ3) is 5.10. The van der Waals surface area contributed by atoms with E-state index in [4.69, 9.17) is 5.73 Å². The van der Waals surface area contributed by atoms with E-state index in [-0.39, 0.29) is 11.8 Å². The fourth-order valence-corrected chi connectivity index (χ4v) is 1.89. The minimum atomic E-state index is -0.659. The molecule has 2 amide bonds. The summed E-state index contributed by atoms with van der Waals surface area (Å²) < 4.78 is 0. The summed E-state index contributed by atoms with van der Waals surface area (Å²) in [7, 11) is 0. The molecule has 0 saturated carbocycles. The number of nitrogens with one attached hydrogen (secondary N) is 2. The van der Waals surface area contributed by atoms with Crippen molar-refractivity contribution in [2.24, 2.45) is 0 Å². The molecular weight excluding hydrogens is 266 g/mol. The van der Waals surface area contributed by atoms with Gasteiger partial charge < -0.3 is 16.4 Å². The average Bonchev–Trinajstić information content (AvgIpc) is 2.45. The number of carbonyl (C=O) groups is 2. The molecule has 0 unspecified atom stereocenters. The zero-order valence-electron chi connectivity index (χ0n) is 13.0. The number of nitrogens with two attached hydrogens (primary N) is 1. The molecule has 0 aliphatic heterocycles. The lowest BCUT2D eigenvalue weighted by Crippen LogP contribution is -2.41. The molecule has 0 aromatic heterocycles. The average molecular weight is 291 g/mol. The number of rotatable bonds is 7. The minimum absolute atomic E-state index is 0.0394. The van der Waals surface area contributed by atoms with Crippen molar-refractivity contribution in [2.75, 3.05) is 18.8 Å². The first-order valence-electron chi connectivity index (χ1n) is 7.29. The topological polar surface area (TPSA) is 84.2 Å². The Morgan fingerprint density at radius 2 is 1.71 bits per heavy atom. The number of amides is 2. The van der Waals surface area contributed by atoms with E-state index in [9.17, 15) is 9.59 Å². The van der Waals surface area contributed by atoms with E-state index in [1.807, 2.05) is 32.9 Å². The van der Waals surface area contributed by atoms with Crippen LogP contribution in [0.15, 0.2) is 24.3 Å². The van der Waals surface area contributed by atoms with Gasteiger partial charge in [0.05, 0.1) is 5.41 Å². The Kier molecular flexibility index (Phi) is 6.21. The lowest BCUT2D eigenvalue weighted by Gasteiger charge is -2.24. The van der Waals surface area contributed by atoms with Gasteiger partial charge in [0.25, 0.3) is 0 Å². The maximum Gasteiger partial charge on any atom is 0.230 e. The Hall–Kier alpha value is -2.04. The van der Waals surface area contributed by atoms with Crippen LogP contribution in [-0.4, -0.2) is 24.9 Å². The second-order valence-corrected chi connectivity index (χ2v) is 5.60. The van der Waals surface area contributed by atoms with Gasteiger partial charge in [-0.05, 0) is 38.0 Å². The van der Waals surface area contributed by atoms with Crippen LogP contribution in [0.2, 0.25) is 0 Å². The molecule has 0 saturated heterocycles. The molecule has 116 valence electrons. The predicted molar refractivity (Wildman–Crippen MR) is 84.8 cm³/mol. The Labute approximate surface area is 126 Å². The summed E-state index contributed by atoms with van der Waals surface area (Å²) in [4.78, 5) is 23.7. The van der Waals surface area contributed by atoms with E-state index in [2.05, 4.69) is 10.6 Å². The van der Waals surface area contributed by atoms with Crippen LogP contribution in [0.4, 0.5) is 5.69 Å². The summed E-state index contributed by atoms with van der Waals surface area (Å²) in [5, 5.41) is 5.59. The molecule has 1 aromatic carbocycles. The highest BCUT2D eigenvalue weighted by atomic mass is 16.2. The second kappa shape index (κ2) is 7.67. The van der Waals surface area contributed by atoms with Crippen LogP contribution >= 0.6 is 0 Å². The third-order valence-corrected chi connectivity index (χ3v) is 3.41. The molecule has 0 radical (unpaired) electrons. The Balaban J connectivity index is 2.50. The molecule has 0 fully saturated rings. The lowest BCUT2D eigenvalue weighted by atomic mass is 9.83. The van der Waals surface area contributed by atoms with Gasteiger partial charge in [0.1, 0.15) is 0 Å². The van der Waals surface area contributed by atoms with Crippen LogP contribution in [0.5, 0.6) is 0 Å². The molecule has 5 nitrogen and oxygen atoms in total. The summed E-state index contributed by atoms with van der Waals surface area (Å²) >= 11 is 0. The van der Waals surface area contributed by atoms with E-state index in [0.29, 0.717) is 25.2 Å². The van der Waals surface area contributed by atoms with Gasteiger partial charge >= 0.3 is 0 Å². The van der Waals surface area contributed by atoms with E-state index in [0.717, 1.165) is 12.0 Å². The molecule has 4 N–H and O–H groups in total. The molecule has 0 aliphatic rings. The molecule has 0 bridgehead atoms. The summed E-state index contributed by atoms with van der Waals surface area (Å²) in [5.41, 5.74) is 6.56. The largest absolute Gasteiger partial charge is 0.399 e. The molecule has 0 aliphatic carbocycles. The van der Waals surface area contributed by atoms with Gasteiger partial charge in [-0.2, -0.15) is 0 Å². The first kappa shape index (κ1) is 17.0. The van der Waals surface area contributed by atoms with E-state index in [1.165, 1.54) is 0 Å². The SMILES string of the molecule is CCCNC(=O)CCNC(=O)C(C)(C)c1ccc(N)cc1. The van der Waals surface area contributed by atoms with Crippen molar-refractivity contribution >= 4 is 17.5 Å². The number of benzene rings is 1. The van der Waals surface area contributed by atoms with E-state index in [1.54, 1.807) is 12.1 Å². The van der Waals surface area contributed by atoms with Crippen LogP contribution in [0.1, 0.15) is 39.2 Å². The predicted octanol–water partition coefficient (Wildman–Crippen LogP) is 1.58. The molecule has 1 rings (SSSR count). The first-order valence-corrected chi connectivity index (χ1v) is 7.29. The number of anilines is 1. The number of hydrogen-bond acceptors (Lipinski definition) is 3. The van der Waals surface area contributed by atoms with Crippen molar-refractivity contribution in [2.45, 2.75) is 39.0 Å². The summed E-state index contributed by atoms with van der Waals surface area (Å²) in [6.45, 7) is 6.71. The first-order chi connectivity index (χ1) is 9.87. The van der Waals surface area contributed by atoms with Crippen molar-refractivity contribution < 1.29 is 9.59 Å². The Morgan fingerprint density at radius 3 is 2.29 bits per heavy atom. The highest BCUT2D eigenvalue weighted by Gasteiger charge is 2.29. The molecule has 5 heteroatoms. The van der Waals surface area contributed by atoms with Crippen molar-refractivity contribution in [3.05, 3.63) is 29.8 Å². The van der Waals surface area contributed by atoms with Crippen LogP contribution in [0.3, 0.4) is 0 Å². The van der Waals surface area contributed by atoms with Crippen molar-refractivity contribution in [1.29, 1.82) is 0 Å². The molecule has 0 spiro atoms. The summed E-state index contributed by atoms with van der Waals surface area (Å²) in [6, 6.07) is 7.26. The van der Waals surface area contributed by atoms with Gasteiger partial charge in [0.2, 0.25) is 11.8 Å². The van der Waals surface area contributed by atoms with Crippen LogP contribution in [0, 0.1) is 0 Å². The van der Waals surface area contributed by atoms with Gasteiger partial charge in [-0.25, -0.2) is 0 Å².